The van der Waals surface area contributed by atoms with Gasteiger partial charge in [0.1, 0.15) is 16.9 Å². The zero-order valence-electron chi connectivity index (χ0n) is 14.0. The highest BCUT2D eigenvalue weighted by atomic mass is 16.5. The highest BCUT2D eigenvalue weighted by Crippen LogP contribution is 2.31. The van der Waals surface area contributed by atoms with E-state index in [0.29, 0.717) is 22.4 Å². The molecule has 0 radical (unpaired) electrons. The van der Waals surface area contributed by atoms with Crippen molar-refractivity contribution in [2.45, 2.75) is 0 Å². The Balaban J connectivity index is 1.77. The van der Waals surface area contributed by atoms with Gasteiger partial charge in [-0.05, 0) is 24.3 Å². The van der Waals surface area contributed by atoms with Crippen LogP contribution in [0, 0.1) is 0 Å². The number of carbonyl (C=O) groups is 1. The second-order valence-corrected chi connectivity index (χ2v) is 5.80. The van der Waals surface area contributed by atoms with Gasteiger partial charge in [-0.25, -0.2) is 4.79 Å². The molecule has 4 rings (SSSR count). The molecule has 0 fully saturated rings. The van der Waals surface area contributed by atoms with Crippen LogP contribution in [0.3, 0.4) is 0 Å². The standard InChI is InChI=1S/C21H15NO4/c1-25-19-11-10-17(14-7-3-4-8-15(14)19)22-20(23)16-12-13-6-2-5-9-18(13)26-21(16)24/h2-12H,1H3,(H,22,23). The van der Waals surface area contributed by atoms with Gasteiger partial charge in [0.05, 0.1) is 7.11 Å². The highest BCUT2D eigenvalue weighted by molar-refractivity contribution is 6.10. The van der Waals surface area contributed by atoms with Gasteiger partial charge in [0, 0.05) is 21.8 Å². The van der Waals surface area contributed by atoms with Crippen molar-refractivity contribution in [3.8, 4) is 5.75 Å². The molecule has 1 aromatic heterocycles. The minimum Gasteiger partial charge on any atom is -0.496 e. The van der Waals surface area contributed by atoms with Crippen molar-refractivity contribution in [2.24, 2.45) is 0 Å². The van der Waals surface area contributed by atoms with Crippen LogP contribution in [-0.2, 0) is 0 Å². The molecule has 128 valence electrons. The molecule has 1 N–H and O–H groups in total. The second-order valence-electron chi connectivity index (χ2n) is 5.80. The summed E-state index contributed by atoms with van der Waals surface area (Å²) in [5, 5.41) is 5.19. The first kappa shape index (κ1) is 15.9. The molecule has 5 nitrogen and oxygen atoms in total. The summed E-state index contributed by atoms with van der Waals surface area (Å²) in [6.07, 6.45) is 0. The van der Waals surface area contributed by atoms with Gasteiger partial charge in [0.2, 0.25) is 0 Å². The maximum absolute atomic E-state index is 12.7. The number of rotatable bonds is 3. The summed E-state index contributed by atoms with van der Waals surface area (Å²) >= 11 is 0. The number of anilines is 1. The lowest BCUT2D eigenvalue weighted by Crippen LogP contribution is -2.20. The number of carbonyl (C=O) groups excluding carboxylic acids is 1. The zero-order chi connectivity index (χ0) is 18.1. The molecule has 26 heavy (non-hydrogen) atoms. The summed E-state index contributed by atoms with van der Waals surface area (Å²) in [7, 11) is 1.60. The number of ether oxygens (including phenoxy) is 1. The van der Waals surface area contributed by atoms with Crippen molar-refractivity contribution < 1.29 is 13.9 Å². The number of fused-ring (bicyclic) bond motifs is 2. The van der Waals surface area contributed by atoms with E-state index in [1.54, 1.807) is 43.5 Å². The summed E-state index contributed by atoms with van der Waals surface area (Å²) in [5.74, 6) is 0.198. The predicted octanol–water partition coefficient (Wildman–Crippen LogP) is 4.21. The molecule has 5 heteroatoms. The molecule has 0 saturated carbocycles. The smallest absolute Gasteiger partial charge is 0.349 e. The Morgan fingerprint density at radius 2 is 1.69 bits per heavy atom. The Bertz CT molecular complexity index is 1190. The number of hydrogen-bond donors (Lipinski definition) is 1. The number of methoxy groups -OCH3 is 1. The summed E-state index contributed by atoms with van der Waals surface area (Å²) in [6, 6.07) is 19.7. The molecule has 4 aromatic rings. The van der Waals surface area contributed by atoms with E-state index in [4.69, 9.17) is 9.15 Å². The molecular formula is C21H15NO4. The van der Waals surface area contributed by atoms with Crippen LogP contribution in [0.2, 0.25) is 0 Å². The Morgan fingerprint density at radius 1 is 0.962 bits per heavy atom. The molecular weight excluding hydrogens is 330 g/mol. The van der Waals surface area contributed by atoms with Gasteiger partial charge in [-0.3, -0.25) is 4.79 Å². The zero-order valence-corrected chi connectivity index (χ0v) is 14.0. The summed E-state index contributed by atoms with van der Waals surface area (Å²) < 4.78 is 10.6. The van der Waals surface area contributed by atoms with E-state index < -0.39 is 11.5 Å². The summed E-state index contributed by atoms with van der Waals surface area (Å²) in [6.45, 7) is 0. The molecule has 1 heterocycles. The lowest BCUT2D eigenvalue weighted by atomic mass is 10.1. The fourth-order valence-corrected chi connectivity index (χ4v) is 2.97. The number of amides is 1. The molecule has 0 spiro atoms. The maximum atomic E-state index is 12.7. The van der Waals surface area contributed by atoms with E-state index in [0.717, 1.165) is 10.8 Å². The van der Waals surface area contributed by atoms with E-state index in [-0.39, 0.29) is 5.56 Å². The van der Waals surface area contributed by atoms with Crippen molar-refractivity contribution in [2.75, 3.05) is 12.4 Å². The van der Waals surface area contributed by atoms with Gasteiger partial charge < -0.3 is 14.5 Å². The number of benzene rings is 3. The quantitative estimate of drug-likeness (QED) is 0.565. The van der Waals surface area contributed by atoms with Crippen LogP contribution in [-0.4, -0.2) is 13.0 Å². The second kappa shape index (κ2) is 6.37. The van der Waals surface area contributed by atoms with Crippen LogP contribution in [0.1, 0.15) is 10.4 Å². The summed E-state index contributed by atoms with van der Waals surface area (Å²) in [5.41, 5.74) is 0.338. The Kier molecular flexibility index (Phi) is 3.89. The number of nitrogens with one attached hydrogen (secondary N) is 1. The van der Waals surface area contributed by atoms with E-state index in [1.807, 2.05) is 30.3 Å². The van der Waals surface area contributed by atoms with E-state index in [1.165, 1.54) is 0 Å². The molecule has 3 aromatic carbocycles. The van der Waals surface area contributed by atoms with Gasteiger partial charge in [0.25, 0.3) is 5.91 Å². The van der Waals surface area contributed by atoms with Crippen molar-refractivity contribution in [1.82, 2.24) is 0 Å². The van der Waals surface area contributed by atoms with E-state index in [9.17, 15) is 9.59 Å². The summed E-state index contributed by atoms with van der Waals surface area (Å²) in [4.78, 5) is 24.9. The normalized spacial score (nSPS) is 10.8. The Morgan fingerprint density at radius 3 is 2.50 bits per heavy atom. The first-order valence-corrected chi connectivity index (χ1v) is 8.07. The van der Waals surface area contributed by atoms with Crippen LogP contribution in [0.4, 0.5) is 5.69 Å². The predicted molar refractivity (Wildman–Crippen MR) is 101 cm³/mol. The maximum Gasteiger partial charge on any atom is 0.349 e. The third-order valence-corrected chi connectivity index (χ3v) is 4.24. The first-order valence-electron chi connectivity index (χ1n) is 8.07. The third-order valence-electron chi connectivity index (χ3n) is 4.24. The monoisotopic (exact) mass is 345 g/mol. The average molecular weight is 345 g/mol. The van der Waals surface area contributed by atoms with E-state index in [2.05, 4.69) is 5.32 Å². The van der Waals surface area contributed by atoms with Crippen molar-refractivity contribution in [3.63, 3.8) is 0 Å². The molecule has 0 aliphatic rings. The fourth-order valence-electron chi connectivity index (χ4n) is 2.97. The van der Waals surface area contributed by atoms with Crippen LogP contribution < -0.4 is 15.7 Å². The molecule has 0 atom stereocenters. The van der Waals surface area contributed by atoms with Crippen LogP contribution in [0.15, 0.2) is 75.9 Å². The van der Waals surface area contributed by atoms with Crippen LogP contribution in [0.5, 0.6) is 5.75 Å². The highest BCUT2D eigenvalue weighted by Gasteiger charge is 2.15. The Hall–Kier alpha value is -3.60. The van der Waals surface area contributed by atoms with Crippen molar-refractivity contribution in [1.29, 1.82) is 0 Å². The molecule has 0 aliphatic carbocycles. The lowest BCUT2D eigenvalue weighted by molar-refractivity contribution is 0.102. The van der Waals surface area contributed by atoms with Gasteiger partial charge in [-0.15, -0.1) is 0 Å². The first-order chi connectivity index (χ1) is 12.7. The number of para-hydroxylation sites is 1. The van der Waals surface area contributed by atoms with Gasteiger partial charge in [0.15, 0.2) is 0 Å². The van der Waals surface area contributed by atoms with Crippen molar-refractivity contribution >= 4 is 33.3 Å². The molecule has 0 bridgehead atoms. The average Bonchev–Trinajstić information content (AvgIpc) is 2.67. The van der Waals surface area contributed by atoms with Crippen LogP contribution in [0.25, 0.3) is 21.7 Å². The topological polar surface area (TPSA) is 68.5 Å². The van der Waals surface area contributed by atoms with Crippen LogP contribution >= 0.6 is 0 Å². The third kappa shape index (κ3) is 2.69. The van der Waals surface area contributed by atoms with E-state index >= 15 is 0 Å². The Labute approximate surface area is 148 Å². The van der Waals surface area contributed by atoms with Gasteiger partial charge in [-0.1, -0.05) is 42.5 Å². The molecule has 0 unspecified atom stereocenters. The molecule has 1 amide bonds. The minimum atomic E-state index is -0.668. The van der Waals surface area contributed by atoms with Gasteiger partial charge >= 0.3 is 5.63 Å². The molecule has 0 aliphatic heterocycles. The SMILES string of the molecule is COc1ccc(NC(=O)c2cc3ccccc3oc2=O)c2ccccc12. The van der Waals surface area contributed by atoms with Crippen molar-refractivity contribution in [3.05, 3.63) is 82.7 Å². The number of hydrogen-bond acceptors (Lipinski definition) is 4. The minimum absolute atomic E-state index is 0.0383. The van der Waals surface area contributed by atoms with Gasteiger partial charge in [-0.2, -0.15) is 0 Å². The lowest BCUT2D eigenvalue weighted by Gasteiger charge is -2.11. The molecule has 0 saturated heterocycles. The fraction of sp³-hybridized carbons (Fsp3) is 0.0476. The largest absolute Gasteiger partial charge is 0.496 e.